The minimum Gasteiger partial charge on any atom is -0.503 e. The average Bonchev–Trinajstić information content (AvgIpc) is 3.71. The number of Topliss-reactive ketones (excluding diaryl/α,β-unsaturated/α-hetero) is 1. The first-order valence-corrected chi connectivity index (χ1v) is 15.9. The van der Waals surface area contributed by atoms with E-state index in [0.717, 1.165) is 18.4 Å². The van der Waals surface area contributed by atoms with Gasteiger partial charge >= 0.3 is 0 Å². The van der Waals surface area contributed by atoms with E-state index in [0.29, 0.717) is 46.1 Å². The highest BCUT2D eigenvalue weighted by molar-refractivity contribution is 8.00. The van der Waals surface area contributed by atoms with Crippen LogP contribution < -0.4 is 14.4 Å². The molecule has 11 heteroatoms. The van der Waals surface area contributed by atoms with Gasteiger partial charge in [-0.25, -0.2) is 0 Å². The summed E-state index contributed by atoms with van der Waals surface area (Å²) in [5, 5.41) is 20.0. The fraction of sp³-hybridized carbons (Fsp3) is 0.312. The number of carbonyl (C=O) groups excluding carboxylic acids is 2. The zero-order chi connectivity index (χ0) is 30.5. The number of unbranched alkanes of at least 4 members (excludes halogenated alkanes) is 1. The van der Waals surface area contributed by atoms with E-state index in [-0.39, 0.29) is 16.5 Å². The van der Waals surface area contributed by atoms with Gasteiger partial charge < -0.3 is 19.0 Å². The lowest BCUT2D eigenvalue weighted by molar-refractivity contribution is -0.117. The van der Waals surface area contributed by atoms with Crippen LogP contribution in [0.3, 0.4) is 0 Å². The molecule has 1 atom stereocenters. The second-order valence-electron chi connectivity index (χ2n) is 10.0. The Balaban J connectivity index is 1.52. The van der Waals surface area contributed by atoms with Crippen LogP contribution in [-0.2, 0) is 10.5 Å². The second kappa shape index (κ2) is 13.5. The maximum absolute atomic E-state index is 13.7. The Labute approximate surface area is 258 Å². The number of benzene rings is 2. The number of thioether (sulfide) groups is 1. The number of aliphatic hydroxyl groups excluding tert-OH is 1. The number of anilines is 1. The molecule has 1 aliphatic heterocycles. The Morgan fingerprint density at radius 3 is 2.53 bits per heavy atom. The van der Waals surface area contributed by atoms with Crippen LogP contribution in [0.1, 0.15) is 65.7 Å². The number of rotatable bonds is 13. The molecule has 9 nitrogen and oxygen atoms in total. The molecule has 5 rings (SSSR count). The highest BCUT2D eigenvalue weighted by Crippen LogP contribution is 2.45. The van der Waals surface area contributed by atoms with Crippen molar-refractivity contribution < 1.29 is 28.6 Å². The standard InChI is InChI=1S/C32H33N3O6S2/c1-5-7-16-40-23-15-13-22(17-25(23)39-6-2)27-26(28(36)24-14-10-20(4)41-24)29(37)30(38)35(27)31-33-34-32(43-31)42-18-21-11-8-19(3)9-12-21/h8-15,17,27,37H,5-7,16,18H2,1-4H3. The highest BCUT2D eigenvalue weighted by atomic mass is 32.2. The van der Waals surface area contributed by atoms with Crippen molar-refractivity contribution in [1.82, 2.24) is 10.2 Å². The molecule has 1 unspecified atom stereocenters. The smallest absolute Gasteiger partial charge is 0.296 e. The lowest BCUT2D eigenvalue weighted by atomic mass is 9.95. The van der Waals surface area contributed by atoms with Gasteiger partial charge in [0.25, 0.3) is 5.91 Å². The van der Waals surface area contributed by atoms with Gasteiger partial charge in [-0.3, -0.25) is 14.5 Å². The summed E-state index contributed by atoms with van der Waals surface area (Å²) in [6.45, 7) is 8.62. The summed E-state index contributed by atoms with van der Waals surface area (Å²) in [4.78, 5) is 28.7. The summed E-state index contributed by atoms with van der Waals surface area (Å²) in [5.74, 6) is 0.270. The van der Waals surface area contributed by atoms with E-state index in [9.17, 15) is 14.7 Å². The normalized spacial score (nSPS) is 14.9. The number of amides is 1. The third kappa shape index (κ3) is 6.62. The van der Waals surface area contributed by atoms with E-state index in [4.69, 9.17) is 13.9 Å². The molecular formula is C32H33N3O6S2. The maximum Gasteiger partial charge on any atom is 0.296 e. The van der Waals surface area contributed by atoms with Gasteiger partial charge in [0, 0.05) is 5.75 Å². The van der Waals surface area contributed by atoms with Crippen LogP contribution in [0.5, 0.6) is 11.5 Å². The maximum atomic E-state index is 13.7. The summed E-state index contributed by atoms with van der Waals surface area (Å²) in [6.07, 6.45) is 1.87. The number of aliphatic hydroxyl groups is 1. The van der Waals surface area contributed by atoms with Gasteiger partial charge in [-0.15, -0.1) is 10.2 Å². The third-order valence-electron chi connectivity index (χ3n) is 6.84. The Morgan fingerprint density at radius 2 is 1.84 bits per heavy atom. The fourth-order valence-electron chi connectivity index (χ4n) is 4.64. The molecular weight excluding hydrogens is 587 g/mol. The van der Waals surface area contributed by atoms with Crippen molar-refractivity contribution in [2.75, 3.05) is 18.1 Å². The number of ether oxygens (including phenoxy) is 2. The number of carbonyl (C=O) groups is 2. The van der Waals surface area contributed by atoms with Gasteiger partial charge in [0.2, 0.25) is 10.9 Å². The first kappa shape index (κ1) is 30.4. The summed E-state index contributed by atoms with van der Waals surface area (Å²) < 4.78 is 18.1. The molecule has 2 aromatic carbocycles. The zero-order valence-electron chi connectivity index (χ0n) is 24.5. The molecule has 0 radical (unpaired) electrons. The topological polar surface area (TPSA) is 115 Å². The van der Waals surface area contributed by atoms with Crippen LogP contribution >= 0.6 is 23.1 Å². The average molecular weight is 620 g/mol. The lowest BCUT2D eigenvalue weighted by Gasteiger charge is -2.25. The first-order valence-electron chi connectivity index (χ1n) is 14.1. The molecule has 1 N–H and O–H groups in total. The van der Waals surface area contributed by atoms with E-state index in [1.165, 1.54) is 39.6 Å². The number of hydrogen-bond donors (Lipinski definition) is 1. The van der Waals surface area contributed by atoms with Gasteiger partial charge in [-0.1, -0.05) is 72.3 Å². The summed E-state index contributed by atoms with van der Waals surface area (Å²) in [6, 6.07) is 15.7. The first-order chi connectivity index (χ1) is 20.8. The largest absolute Gasteiger partial charge is 0.503 e. The van der Waals surface area contributed by atoms with E-state index in [2.05, 4.69) is 41.4 Å². The second-order valence-corrected chi connectivity index (χ2v) is 12.2. The molecule has 0 fully saturated rings. The van der Waals surface area contributed by atoms with Crippen LogP contribution in [0.25, 0.3) is 0 Å². The number of ketones is 1. The van der Waals surface area contributed by atoms with Gasteiger partial charge in [0.05, 0.1) is 24.8 Å². The Kier molecular flexibility index (Phi) is 9.52. The molecule has 2 aromatic heterocycles. The van der Waals surface area contributed by atoms with Crippen molar-refractivity contribution in [2.24, 2.45) is 0 Å². The van der Waals surface area contributed by atoms with Crippen LogP contribution in [0.15, 0.2) is 74.7 Å². The van der Waals surface area contributed by atoms with Crippen molar-refractivity contribution in [3.05, 3.63) is 94.1 Å². The molecule has 0 spiro atoms. The van der Waals surface area contributed by atoms with Crippen LogP contribution in [-0.4, -0.2) is 40.2 Å². The number of furan rings is 1. The van der Waals surface area contributed by atoms with E-state index in [1.54, 1.807) is 31.2 Å². The molecule has 3 heterocycles. The molecule has 0 aliphatic carbocycles. The van der Waals surface area contributed by atoms with Gasteiger partial charge in [0.1, 0.15) is 5.76 Å². The van der Waals surface area contributed by atoms with Crippen LogP contribution in [0.4, 0.5) is 5.13 Å². The number of aryl methyl sites for hydroxylation is 2. The lowest BCUT2D eigenvalue weighted by Crippen LogP contribution is -2.31. The molecule has 43 heavy (non-hydrogen) atoms. The molecule has 1 aliphatic rings. The minimum absolute atomic E-state index is 0.0230. The monoisotopic (exact) mass is 619 g/mol. The van der Waals surface area contributed by atoms with Crippen molar-refractivity contribution >= 4 is 39.9 Å². The minimum atomic E-state index is -1.00. The van der Waals surface area contributed by atoms with Crippen LogP contribution in [0, 0.1) is 13.8 Å². The molecule has 0 bridgehead atoms. The molecule has 4 aromatic rings. The van der Waals surface area contributed by atoms with Crippen molar-refractivity contribution in [3.8, 4) is 11.5 Å². The fourth-order valence-corrected chi connectivity index (χ4v) is 6.46. The third-order valence-corrected chi connectivity index (χ3v) is 8.97. The van der Waals surface area contributed by atoms with E-state index >= 15 is 0 Å². The summed E-state index contributed by atoms with van der Waals surface area (Å²) >= 11 is 2.72. The molecule has 1 amide bonds. The highest BCUT2D eigenvalue weighted by Gasteiger charge is 2.47. The molecule has 0 saturated heterocycles. The van der Waals surface area contributed by atoms with Crippen LogP contribution in [0.2, 0.25) is 0 Å². The number of nitrogens with zero attached hydrogens (tertiary/aromatic N) is 3. The molecule has 224 valence electrons. The predicted molar refractivity (Wildman–Crippen MR) is 166 cm³/mol. The quantitative estimate of drug-likeness (QED) is 0.0707. The van der Waals surface area contributed by atoms with Gasteiger partial charge in [-0.05, 0) is 62.6 Å². The van der Waals surface area contributed by atoms with E-state index < -0.39 is 23.5 Å². The predicted octanol–water partition coefficient (Wildman–Crippen LogP) is 7.40. The summed E-state index contributed by atoms with van der Waals surface area (Å²) in [7, 11) is 0. The van der Waals surface area contributed by atoms with Crippen molar-refractivity contribution in [3.63, 3.8) is 0 Å². The van der Waals surface area contributed by atoms with Gasteiger partial charge in [-0.2, -0.15) is 0 Å². The SMILES string of the molecule is CCCCOc1ccc(C2C(C(=O)c3ccc(C)o3)=C(O)C(=O)N2c2nnc(SCc3ccc(C)cc3)s2)cc1OCC. The number of hydrogen-bond acceptors (Lipinski definition) is 10. The Hall–Kier alpha value is -4.09. The van der Waals surface area contributed by atoms with Crippen molar-refractivity contribution in [2.45, 2.75) is 56.7 Å². The Bertz CT molecular complexity index is 1640. The van der Waals surface area contributed by atoms with Crippen molar-refractivity contribution in [1.29, 1.82) is 0 Å². The van der Waals surface area contributed by atoms with Gasteiger partial charge in [0.15, 0.2) is 27.4 Å². The summed E-state index contributed by atoms with van der Waals surface area (Å²) in [5.41, 5.74) is 2.75. The van der Waals surface area contributed by atoms with E-state index in [1.807, 2.05) is 13.8 Å². The number of aromatic nitrogens is 2. The zero-order valence-corrected chi connectivity index (χ0v) is 26.1. The molecule has 0 saturated carbocycles. The Morgan fingerprint density at radius 1 is 1.05 bits per heavy atom.